The van der Waals surface area contributed by atoms with Gasteiger partial charge < -0.3 is 5.11 Å². The highest BCUT2D eigenvalue weighted by atomic mass is 16.4. The van der Waals surface area contributed by atoms with Crippen molar-refractivity contribution < 1.29 is 9.90 Å². The molecule has 1 saturated heterocycles. The van der Waals surface area contributed by atoms with E-state index in [2.05, 4.69) is 11.8 Å². The molecule has 2 saturated carbocycles. The van der Waals surface area contributed by atoms with Crippen molar-refractivity contribution in [3.05, 3.63) is 0 Å². The van der Waals surface area contributed by atoms with E-state index in [9.17, 15) is 9.90 Å². The number of nitrogens with zero attached hydrogens (tertiary/aromatic N) is 1. The second-order valence-electron chi connectivity index (χ2n) is 7.87. The van der Waals surface area contributed by atoms with E-state index in [0.29, 0.717) is 12.0 Å². The third-order valence-electron chi connectivity index (χ3n) is 6.35. The van der Waals surface area contributed by atoms with Crippen LogP contribution in [-0.4, -0.2) is 34.6 Å². The number of likely N-dealkylation sites (tertiary alicyclic amines) is 1. The number of hydrogen-bond acceptors (Lipinski definition) is 2. The molecular formula is C18H31NO2. The van der Waals surface area contributed by atoms with Gasteiger partial charge in [0, 0.05) is 6.04 Å². The van der Waals surface area contributed by atoms with Gasteiger partial charge in [-0.2, -0.15) is 0 Å². The fraction of sp³-hybridized carbons (Fsp3) is 0.944. The van der Waals surface area contributed by atoms with E-state index in [1.54, 1.807) is 0 Å². The van der Waals surface area contributed by atoms with Crippen LogP contribution in [0.3, 0.4) is 0 Å². The molecule has 0 aromatic carbocycles. The first-order chi connectivity index (χ1) is 10.1. The molecule has 0 spiro atoms. The Labute approximate surface area is 129 Å². The van der Waals surface area contributed by atoms with Crippen molar-refractivity contribution in [1.29, 1.82) is 0 Å². The Bertz CT molecular complexity index is 370. The summed E-state index contributed by atoms with van der Waals surface area (Å²) in [6.07, 6.45) is 12.7. The molecule has 0 aromatic rings. The van der Waals surface area contributed by atoms with Crippen LogP contribution >= 0.6 is 0 Å². The summed E-state index contributed by atoms with van der Waals surface area (Å²) < 4.78 is 0. The Kier molecular flexibility index (Phi) is 4.88. The van der Waals surface area contributed by atoms with Gasteiger partial charge >= 0.3 is 5.97 Å². The standard InChI is InChI=1S/C18H31NO2/c1-13-5-4-6-14(11-13)9-10-19-16-8-3-2-7-15(16)12-17(19)18(20)21/h13-17H,2-12H2,1H3,(H,20,21). The van der Waals surface area contributed by atoms with Crippen molar-refractivity contribution in [3.63, 3.8) is 0 Å². The smallest absolute Gasteiger partial charge is 0.320 e. The molecule has 0 radical (unpaired) electrons. The Balaban J connectivity index is 1.59. The topological polar surface area (TPSA) is 40.5 Å². The fourth-order valence-corrected chi connectivity index (χ4v) is 5.27. The second-order valence-corrected chi connectivity index (χ2v) is 7.87. The average Bonchev–Trinajstić information content (AvgIpc) is 2.84. The molecule has 5 unspecified atom stereocenters. The minimum absolute atomic E-state index is 0.195. The summed E-state index contributed by atoms with van der Waals surface area (Å²) in [6.45, 7) is 3.40. The average molecular weight is 293 g/mol. The third-order valence-corrected chi connectivity index (χ3v) is 6.35. The van der Waals surface area contributed by atoms with Crippen molar-refractivity contribution in [2.45, 2.75) is 83.2 Å². The molecule has 3 aliphatic rings. The quantitative estimate of drug-likeness (QED) is 0.854. The van der Waals surface area contributed by atoms with E-state index >= 15 is 0 Å². The third kappa shape index (κ3) is 3.44. The molecule has 0 bridgehead atoms. The molecule has 3 fully saturated rings. The van der Waals surface area contributed by atoms with Crippen LogP contribution in [0.5, 0.6) is 0 Å². The fourth-order valence-electron chi connectivity index (χ4n) is 5.27. The van der Waals surface area contributed by atoms with Crippen LogP contribution in [0.15, 0.2) is 0 Å². The summed E-state index contributed by atoms with van der Waals surface area (Å²) in [4.78, 5) is 14.0. The number of aliphatic carboxylic acids is 1. The normalized spacial score (nSPS) is 40.9. The monoisotopic (exact) mass is 293 g/mol. The van der Waals surface area contributed by atoms with E-state index < -0.39 is 5.97 Å². The number of carboxylic acids is 1. The predicted octanol–water partition coefficient (Wildman–Crippen LogP) is 3.92. The van der Waals surface area contributed by atoms with Crippen molar-refractivity contribution >= 4 is 5.97 Å². The summed E-state index contributed by atoms with van der Waals surface area (Å²) in [5.74, 6) is 1.79. The van der Waals surface area contributed by atoms with Gasteiger partial charge in [0.25, 0.3) is 0 Å². The molecular weight excluding hydrogens is 262 g/mol. The van der Waals surface area contributed by atoms with E-state index in [1.165, 1.54) is 57.8 Å². The van der Waals surface area contributed by atoms with Gasteiger partial charge in [-0.15, -0.1) is 0 Å². The molecule has 3 heteroatoms. The zero-order chi connectivity index (χ0) is 14.8. The van der Waals surface area contributed by atoms with E-state index in [4.69, 9.17) is 0 Å². The van der Waals surface area contributed by atoms with Gasteiger partial charge in [-0.25, -0.2) is 0 Å². The lowest BCUT2D eigenvalue weighted by Crippen LogP contribution is -2.43. The molecule has 1 N–H and O–H groups in total. The van der Waals surface area contributed by atoms with E-state index in [0.717, 1.165) is 24.8 Å². The molecule has 2 aliphatic carbocycles. The van der Waals surface area contributed by atoms with Crippen LogP contribution in [-0.2, 0) is 4.79 Å². The van der Waals surface area contributed by atoms with Gasteiger partial charge in [-0.3, -0.25) is 9.69 Å². The first kappa shape index (κ1) is 15.3. The van der Waals surface area contributed by atoms with Crippen molar-refractivity contribution in [1.82, 2.24) is 4.90 Å². The highest BCUT2D eigenvalue weighted by Crippen LogP contribution is 2.40. The molecule has 3 nitrogen and oxygen atoms in total. The highest BCUT2D eigenvalue weighted by Gasteiger charge is 2.44. The van der Waals surface area contributed by atoms with Crippen LogP contribution in [0.1, 0.15) is 71.1 Å². The largest absolute Gasteiger partial charge is 0.480 e. The minimum atomic E-state index is -0.582. The van der Waals surface area contributed by atoms with Gasteiger partial charge in [0.2, 0.25) is 0 Å². The zero-order valence-electron chi connectivity index (χ0n) is 13.5. The maximum atomic E-state index is 11.6. The number of carboxylic acid groups (broad SMARTS) is 1. The van der Waals surface area contributed by atoms with Crippen molar-refractivity contribution in [2.24, 2.45) is 17.8 Å². The highest BCUT2D eigenvalue weighted by molar-refractivity contribution is 5.74. The summed E-state index contributed by atoms with van der Waals surface area (Å²) in [6, 6.07) is 0.375. The van der Waals surface area contributed by atoms with Crippen LogP contribution in [0, 0.1) is 17.8 Å². The first-order valence-corrected chi connectivity index (χ1v) is 9.13. The molecule has 1 heterocycles. The van der Waals surface area contributed by atoms with Crippen molar-refractivity contribution in [3.8, 4) is 0 Å². The predicted molar refractivity (Wildman–Crippen MR) is 84.2 cm³/mol. The summed E-state index contributed by atoms with van der Waals surface area (Å²) >= 11 is 0. The number of hydrogen-bond donors (Lipinski definition) is 1. The van der Waals surface area contributed by atoms with Crippen LogP contribution in [0.4, 0.5) is 0 Å². The van der Waals surface area contributed by atoms with E-state index in [1.807, 2.05) is 0 Å². The number of carbonyl (C=O) groups is 1. The maximum absolute atomic E-state index is 11.6. The maximum Gasteiger partial charge on any atom is 0.320 e. The molecule has 120 valence electrons. The Hall–Kier alpha value is -0.570. The number of rotatable bonds is 4. The molecule has 5 atom stereocenters. The van der Waals surface area contributed by atoms with Gasteiger partial charge in [-0.05, 0) is 56.4 Å². The summed E-state index contributed by atoms with van der Waals surface area (Å²) in [5.41, 5.74) is 0. The van der Waals surface area contributed by atoms with Gasteiger partial charge in [0.15, 0.2) is 0 Å². The molecule has 21 heavy (non-hydrogen) atoms. The SMILES string of the molecule is CC1CCCC(CCN2C(C(=O)O)CC3CCCCC32)C1. The molecule has 0 amide bonds. The van der Waals surface area contributed by atoms with Crippen LogP contribution in [0.2, 0.25) is 0 Å². The van der Waals surface area contributed by atoms with Crippen LogP contribution < -0.4 is 0 Å². The van der Waals surface area contributed by atoms with Gasteiger partial charge in [-0.1, -0.05) is 39.0 Å². The molecule has 0 aromatic heterocycles. The summed E-state index contributed by atoms with van der Waals surface area (Å²) in [7, 11) is 0. The lowest BCUT2D eigenvalue weighted by atomic mass is 9.80. The van der Waals surface area contributed by atoms with Crippen molar-refractivity contribution in [2.75, 3.05) is 6.54 Å². The Morgan fingerprint density at radius 1 is 1.10 bits per heavy atom. The van der Waals surface area contributed by atoms with Gasteiger partial charge in [0.1, 0.15) is 6.04 Å². The summed E-state index contributed by atoms with van der Waals surface area (Å²) in [5, 5.41) is 9.57. The second kappa shape index (κ2) is 6.68. The lowest BCUT2D eigenvalue weighted by molar-refractivity contribution is -0.142. The minimum Gasteiger partial charge on any atom is -0.480 e. The van der Waals surface area contributed by atoms with Crippen LogP contribution in [0.25, 0.3) is 0 Å². The number of fused-ring (bicyclic) bond motifs is 1. The Morgan fingerprint density at radius 2 is 1.90 bits per heavy atom. The zero-order valence-corrected chi connectivity index (χ0v) is 13.5. The Morgan fingerprint density at radius 3 is 2.67 bits per heavy atom. The molecule has 1 aliphatic heterocycles. The lowest BCUT2D eigenvalue weighted by Gasteiger charge is -2.35. The van der Waals surface area contributed by atoms with Gasteiger partial charge in [0.05, 0.1) is 0 Å². The molecule has 3 rings (SSSR count). The van der Waals surface area contributed by atoms with E-state index in [-0.39, 0.29) is 6.04 Å². The first-order valence-electron chi connectivity index (χ1n) is 9.13.